The molecule has 2 aromatic heterocycles. The fourth-order valence-corrected chi connectivity index (χ4v) is 5.77. The van der Waals surface area contributed by atoms with Crippen molar-refractivity contribution in [2.45, 2.75) is 49.7 Å². The first kappa shape index (κ1) is 20.3. The average Bonchev–Trinajstić information content (AvgIpc) is 3.49. The number of nitrogens with two attached hydrogens (primary N) is 1. The fourth-order valence-electron chi connectivity index (χ4n) is 3.79. The van der Waals surface area contributed by atoms with Gasteiger partial charge >= 0.3 is 0 Å². The first-order chi connectivity index (χ1) is 15.1. The minimum absolute atomic E-state index is 0.108. The number of benzene rings is 1. The summed E-state index contributed by atoms with van der Waals surface area (Å²) in [5.41, 5.74) is 8.69. The van der Waals surface area contributed by atoms with E-state index in [0.29, 0.717) is 28.3 Å². The Morgan fingerprint density at radius 2 is 2.03 bits per heavy atom. The van der Waals surface area contributed by atoms with E-state index in [2.05, 4.69) is 20.6 Å². The van der Waals surface area contributed by atoms with Crippen LogP contribution in [0.2, 0.25) is 0 Å². The molecule has 31 heavy (non-hydrogen) atoms. The number of fused-ring (bicyclic) bond motifs is 3. The number of amides is 2. The lowest BCUT2D eigenvalue weighted by molar-refractivity contribution is -0.113. The topological polar surface area (TPSA) is 110 Å². The third kappa shape index (κ3) is 4.52. The molecule has 7 nitrogen and oxygen atoms in total. The summed E-state index contributed by atoms with van der Waals surface area (Å²) in [6, 6.07) is 7.26. The Morgan fingerprint density at radius 1 is 1.19 bits per heavy atom. The zero-order valence-electron chi connectivity index (χ0n) is 16.9. The molecule has 5 rings (SSSR count). The molecule has 0 bridgehead atoms. The van der Waals surface area contributed by atoms with Gasteiger partial charge in [-0.3, -0.25) is 9.59 Å². The molecule has 1 saturated carbocycles. The Kier molecular flexibility index (Phi) is 5.54. The summed E-state index contributed by atoms with van der Waals surface area (Å²) in [5.74, 6) is 0.372. The van der Waals surface area contributed by atoms with Crippen LogP contribution < -0.4 is 16.4 Å². The van der Waals surface area contributed by atoms with Crippen LogP contribution in [-0.4, -0.2) is 33.6 Å². The van der Waals surface area contributed by atoms with Gasteiger partial charge in [0, 0.05) is 22.2 Å². The SMILES string of the molecule is Nc1nc(SCC(=O)Nc2cccc(C(=O)NC3CC3)c2)nc2sc3c(c12)CCCC3. The predicted molar refractivity (Wildman–Crippen MR) is 125 cm³/mol. The van der Waals surface area contributed by atoms with E-state index >= 15 is 0 Å². The predicted octanol–water partition coefficient (Wildman–Crippen LogP) is 3.78. The molecule has 0 aliphatic heterocycles. The average molecular weight is 454 g/mol. The van der Waals surface area contributed by atoms with Crippen molar-refractivity contribution in [3.05, 3.63) is 40.3 Å². The smallest absolute Gasteiger partial charge is 0.251 e. The third-order valence-electron chi connectivity index (χ3n) is 5.48. The van der Waals surface area contributed by atoms with Gasteiger partial charge in [0.1, 0.15) is 10.6 Å². The zero-order valence-corrected chi connectivity index (χ0v) is 18.6. The molecule has 1 aromatic carbocycles. The van der Waals surface area contributed by atoms with Crippen molar-refractivity contribution in [1.82, 2.24) is 15.3 Å². The van der Waals surface area contributed by atoms with Gasteiger partial charge in [0.05, 0.1) is 11.1 Å². The van der Waals surface area contributed by atoms with Crippen molar-refractivity contribution in [2.75, 3.05) is 16.8 Å². The number of thioether (sulfide) groups is 1. The minimum Gasteiger partial charge on any atom is -0.383 e. The molecule has 0 unspecified atom stereocenters. The van der Waals surface area contributed by atoms with Crippen LogP contribution in [0.3, 0.4) is 0 Å². The number of nitrogens with zero attached hydrogens (tertiary/aromatic N) is 2. The Balaban J connectivity index is 1.23. The van der Waals surface area contributed by atoms with Crippen LogP contribution in [0.4, 0.5) is 11.5 Å². The minimum atomic E-state index is -0.183. The van der Waals surface area contributed by atoms with Crippen molar-refractivity contribution in [1.29, 1.82) is 0 Å². The van der Waals surface area contributed by atoms with E-state index < -0.39 is 0 Å². The van der Waals surface area contributed by atoms with E-state index in [1.54, 1.807) is 35.6 Å². The second-order valence-electron chi connectivity index (χ2n) is 7.95. The number of anilines is 2. The zero-order chi connectivity index (χ0) is 21.4. The maximum atomic E-state index is 12.4. The number of nitrogens with one attached hydrogen (secondary N) is 2. The molecule has 0 spiro atoms. The monoisotopic (exact) mass is 453 g/mol. The molecule has 3 aromatic rings. The second kappa shape index (κ2) is 8.47. The number of hydrogen-bond donors (Lipinski definition) is 3. The van der Waals surface area contributed by atoms with E-state index in [-0.39, 0.29) is 17.6 Å². The summed E-state index contributed by atoms with van der Waals surface area (Å²) in [4.78, 5) is 36.0. The molecule has 0 radical (unpaired) electrons. The summed E-state index contributed by atoms with van der Waals surface area (Å²) < 4.78 is 0. The van der Waals surface area contributed by atoms with Gasteiger partial charge in [-0.15, -0.1) is 11.3 Å². The Labute approximate surface area is 188 Å². The standard InChI is InChI=1S/C22H23N5O2S2/c23-19-18-15-6-1-2-7-16(15)31-21(18)27-22(26-19)30-11-17(28)24-14-5-3-4-12(10-14)20(29)25-13-8-9-13/h3-5,10,13H,1-2,6-9,11H2,(H,24,28)(H,25,29)(H2,23,26,27). The number of nitrogen functional groups attached to an aromatic ring is 1. The number of aryl methyl sites for hydroxylation is 2. The van der Waals surface area contributed by atoms with Gasteiger partial charge in [0.25, 0.3) is 5.91 Å². The summed E-state index contributed by atoms with van der Waals surface area (Å²) in [7, 11) is 0. The highest BCUT2D eigenvalue weighted by Crippen LogP contribution is 2.38. The summed E-state index contributed by atoms with van der Waals surface area (Å²) in [5, 5.41) is 7.30. The molecule has 2 aliphatic rings. The Morgan fingerprint density at radius 3 is 2.87 bits per heavy atom. The molecular weight excluding hydrogens is 430 g/mol. The van der Waals surface area contributed by atoms with Crippen LogP contribution in [0, 0.1) is 0 Å². The van der Waals surface area contributed by atoms with Gasteiger partial charge in [0.2, 0.25) is 5.91 Å². The maximum Gasteiger partial charge on any atom is 0.251 e. The molecule has 2 amide bonds. The lowest BCUT2D eigenvalue weighted by Crippen LogP contribution is -2.25. The van der Waals surface area contributed by atoms with E-state index in [0.717, 1.165) is 35.9 Å². The van der Waals surface area contributed by atoms with Gasteiger partial charge in [0.15, 0.2) is 5.16 Å². The van der Waals surface area contributed by atoms with Gasteiger partial charge < -0.3 is 16.4 Å². The van der Waals surface area contributed by atoms with Crippen LogP contribution in [0.5, 0.6) is 0 Å². The molecule has 160 valence electrons. The van der Waals surface area contributed by atoms with Gasteiger partial charge in [-0.25, -0.2) is 9.97 Å². The maximum absolute atomic E-state index is 12.4. The van der Waals surface area contributed by atoms with Crippen molar-refractivity contribution < 1.29 is 9.59 Å². The summed E-state index contributed by atoms with van der Waals surface area (Å²) in [6.45, 7) is 0. The lowest BCUT2D eigenvalue weighted by Gasteiger charge is -2.10. The number of rotatable bonds is 6. The molecule has 2 aliphatic carbocycles. The first-order valence-electron chi connectivity index (χ1n) is 10.5. The van der Waals surface area contributed by atoms with Crippen LogP contribution in [-0.2, 0) is 17.6 Å². The largest absolute Gasteiger partial charge is 0.383 e. The normalized spacial score (nSPS) is 15.5. The Hall–Kier alpha value is -2.65. The number of carbonyl (C=O) groups is 2. The van der Waals surface area contributed by atoms with Gasteiger partial charge in [-0.2, -0.15) is 0 Å². The van der Waals surface area contributed by atoms with E-state index in [9.17, 15) is 9.59 Å². The summed E-state index contributed by atoms with van der Waals surface area (Å²) >= 11 is 2.96. The van der Waals surface area contributed by atoms with E-state index in [1.165, 1.54) is 35.0 Å². The fraction of sp³-hybridized carbons (Fsp3) is 0.364. The van der Waals surface area contributed by atoms with Crippen molar-refractivity contribution in [2.24, 2.45) is 0 Å². The molecule has 1 fully saturated rings. The number of thiophene rings is 1. The number of hydrogen-bond acceptors (Lipinski definition) is 7. The van der Waals surface area contributed by atoms with Crippen molar-refractivity contribution in [3.8, 4) is 0 Å². The van der Waals surface area contributed by atoms with Gasteiger partial charge in [-0.1, -0.05) is 17.8 Å². The van der Waals surface area contributed by atoms with Crippen LogP contribution in [0.15, 0.2) is 29.4 Å². The Bertz CT molecular complexity index is 1170. The number of carbonyl (C=O) groups excluding carboxylic acids is 2. The van der Waals surface area contributed by atoms with Crippen LogP contribution in [0.1, 0.15) is 46.5 Å². The highest BCUT2D eigenvalue weighted by molar-refractivity contribution is 7.99. The highest BCUT2D eigenvalue weighted by Gasteiger charge is 2.24. The molecule has 9 heteroatoms. The summed E-state index contributed by atoms with van der Waals surface area (Å²) in [6.07, 6.45) is 6.57. The van der Waals surface area contributed by atoms with E-state index in [1.807, 2.05) is 0 Å². The van der Waals surface area contributed by atoms with Crippen molar-refractivity contribution >= 4 is 56.6 Å². The quantitative estimate of drug-likeness (QED) is 0.387. The van der Waals surface area contributed by atoms with Gasteiger partial charge in [-0.05, 0) is 62.3 Å². The molecule has 2 heterocycles. The third-order valence-corrected chi connectivity index (χ3v) is 7.51. The van der Waals surface area contributed by atoms with E-state index in [4.69, 9.17) is 5.73 Å². The highest BCUT2D eigenvalue weighted by atomic mass is 32.2. The van der Waals surface area contributed by atoms with Crippen LogP contribution in [0.25, 0.3) is 10.2 Å². The van der Waals surface area contributed by atoms with Crippen LogP contribution >= 0.6 is 23.1 Å². The molecule has 4 N–H and O–H groups in total. The molecule has 0 saturated heterocycles. The molecule has 0 atom stereocenters. The van der Waals surface area contributed by atoms with Crippen molar-refractivity contribution in [3.63, 3.8) is 0 Å². The number of aromatic nitrogens is 2. The lowest BCUT2D eigenvalue weighted by atomic mass is 9.97. The molecular formula is C22H23N5O2S2. The first-order valence-corrected chi connectivity index (χ1v) is 12.3. The second-order valence-corrected chi connectivity index (χ2v) is 9.97.